The van der Waals surface area contributed by atoms with Crippen molar-refractivity contribution in [3.8, 4) is 0 Å². The van der Waals surface area contributed by atoms with Gasteiger partial charge in [-0.05, 0) is 37.5 Å². The smallest absolute Gasteiger partial charge is 0.405 e. The molecule has 31 heavy (non-hydrogen) atoms. The molecule has 0 bridgehead atoms. The standard InChI is InChI=1S/C20H21BrN4O6/c1-9-12(21)6-5-11-16(9)25(10-3-4-10)19(27)15-17(11)31-14(24-15)7-22-18(26)13(8-30-2)23-20(28)29/h5-6,10,13,23H,3-4,7-8H2,1-2H3,(H,22,26)(H,28,29)/t13-/m1/s1. The molecule has 1 saturated carbocycles. The molecule has 0 unspecified atom stereocenters. The molecule has 2 amide bonds. The van der Waals surface area contributed by atoms with E-state index in [2.05, 4.69) is 31.5 Å². The highest BCUT2D eigenvalue weighted by atomic mass is 79.9. The molecular formula is C20H21BrN4O6. The lowest BCUT2D eigenvalue weighted by atomic mass is 10.1. The second-order valence-electron chi connectivity index (χ2n) is 7.44. The summed E-state index contributed by atoms with van der Waals surface area (Å²) in [4.78, 5) is 40.7. The highest BCUT2D eigenvalue weighted by Crippen LogP contribution is 2.39. The minimum Gasteiger partial charge on any atom is -0.465 e. The molecule has 1 atom stereocenters. The van der Waals surface area contributed by atoms with E-state index in [1.54, 1.807) is 4.57 Å². The molecule has 10 nitrogen and oxygen atoms in total. The minimum absolute atomic E-state index is 0.102. The van der Waals surface area contributed by atoms with Crippen LogP contribution in [0.25, 0.3) is 22.0 Å². The average Bonchev–Trinajstić information content (AvgIpc) is 3.46. The molecule has 2 heterocycles. The first kappa shape index (κ1) is 21.3. The number of pyridine rings is 1. The summed E-state index contributed by atoms with van der Waals surface area (Å²) in [6.07, 6.45) is 0.530. The Labute approximate surface area is 184 Å². The number of carbonyl (C=O) groups is 2. The number of hydrogen-bond acceptors (Lipinski definition) is 6. The van der Waals surface area contributed by atoms with Gasteiger partial charge in [0.15, 0.2) is 11.1 Å². The first-order chi connectivity index (χ1) is 14.8. The van der Waals surface area contributed by atoms with Crippen molar-refractivity contribution < 1.29 is 23.8 Å². The van der Waals surface area contributed by atoms with Crippen LogP contribution in [-0.4, -0.2) is 46.4 Å². The molecule has 0 aliphatic heterocycles. The third-order valence-electron chi connectivity index (χ3n) is 5.22. The molecule has 3 aromatic rings. The van der Waals surface area contributed by atoms with E-state index in [9.17, 15) is 14.4 Å². The van der Waals surface area contributed by atoms with Crippen molar-refractivity contribution >= 4 is 49.9 Å². The van der Waals surface area contributed by atoms with Gasteiger partial charge in [-0.15, -0.1) is 0 Å². The Balaban J connectivity index is 1.70. The predicted octanol–water partition coefficient (Wildman–Crippen LogP) is 2.45. The number of carboxylic acid groups (broad SMARTS) is 1. The van der Waals surface area contributed by atoms with Crippen LogP contribution >= 0.6 is 15.9 Å². The Morgan fingerprint density at radius 2 is 2.16 bits per heavy atom. The first-order valence-electron chi connectivity index (χ1n) is 9.70. The molecule has 4 rings (SSSR count). The third-order valence-corrected chi connectivity index (χ3v) is 6.08. The van der Waals surface area contributed by atoms with Crippen LogP contribution in [0.2, 0.25) is 0 Å². The van der Waals surface area contributed by atoms with E-state index in [0.29, 0.717) is 5.58 Å². The predicted molar refractivity (Wildman–Crippen MR) is 115 cm³/mol. The number of methoxy groups -OCH3 is 1. The van der Waals surface area contributed by atoms with Crippen LogP contribution in [0.3, 0.4) is 0 Å². The lowest BCUT2D eigenvalue weighted by Crippen LogP contribution is -2.48. The molecular weight excluding hydrogens is 472 g/mol. The normalized spacial score (nSPS) is 14.7. The molecule has 1 aliphatic carbocycles. The van der Waals surface area contributed by atoms with Crippen molar-refractivity contribution in [2.45, 2.75) is 38.4 Å². The topological polar surface area (TPSA) is 136 Å². The van der Waals surface area contributed by atoms with E-state index in [1.165, 1.54) is 7.11 Å². The van der Waals surface area contributed by atoms with Crippen molar-refractivity contribution in [2.75, 3.05) is 13.7 Å². The van der Waals surface area contributed by atoms with E-state index in [1.807, 2.05) is 19.1 Å². The molecule has 1 aliphatic rings. The van der Waals surface area contributed by atoms with Crippen LogP contribution in [0.1, 0.15) is 30.3 Å². The highest BCUT2D eigenvalue weighted by molar-refractivity contribution is 9.10. The number of nitrogens with zero attached hydrogens (tertiary/aromatic N) is 2. The number of fused-ring (bicyclic) bond motifs is 3. The van der Waals surface area contributed by atoms with Gasteiger partial charge < -0.3 is 29.5 Å². The fourth-order valence-corrected chi connectivity index (χ4v) is 3.94. The zero-order chi connectivity index (χ0) is 22.3. The molecule has 1 fully saturated rings. The summed E-state index contributed by atoms with van der Waals surface area (Å²) in [5.41, 5.74) is 2.11. The van der Waals surface area contributed by atoms with Gasteiger partial charge in [-0.3, -0.25) is 9.59 Å². The Morgan fingerprint density at radius 3 is 2.81 bits per heavy atom. The number of rotatable bonds is 7. The van der Waals surface area contributed by atoms with Crippen LogP contribution in [0.5, 0.6) is 0 Å². The fourth-order valence-electron chi connectivity index (χ4n) is 3.62. The number of aryl methyl sites for hydroxylation is 1. The highest BCUT2D eigenvalue weighted by Gasteiger charge is 2.30. The maximum atomic E-state index is 13.2. The van der Waals surface area contributed by atoms with Gasteiger partial charge >= 0.3 is 6.09 Å². The zero-order valence-electron chi connectivity index (χ0n) is 16.9. The largest absolute Gasteiger partial charge is 0.465 e. The van der Waals surface area contributed by atoms with Crippen molar-refractivity contribution in [1.29, 1.82) is 0 Å². The van der Waals surface area contributed by atoms with E-state index in [4.69, 9.17) is 14.3 Å². The molecule has 0 radical (unpaired) electrons. The summed E-state index contributed by atoms with van der Waals surface area (Å²) in [6.45, 7) is 1.71. The Bertz CT molecular complexity index is 1250. The maximum absolute atomic E-state index is 13.2. The summed E-state index contributed by atoms with van der Waals surface area (Å²) < 4.78 is 13.4. The van der Waals surface area contributed by atoms with Crippen molar-refractivity contribution in [3.05, 3.63) is 38.4 Å². The third kappa shape index (κ3) is 4.02. The number of oxazole rings is 1. The Morgan fingerprint density at radius 1 is 1.42 bits per heavy atom. The van der Waals surface area contributed by atoms with Crippen LogP contribution < -0.4 is 16.2 Å². The summed E-state index contributed by atoms with van der Waals surface area (Å²) >= 11 is 3.53. The fraction of sp³-hybridized carbons (Fsp3) is 0.400. The number of aromatic nitrogens is 2. The van der Waals surface area contributed by atoms with Gasteiger partial charge in [0.05, 0.1) is 18.7 Å². The van der Waals surface area contributed by atoms with E-state index in [0.717, 1.165) is 33.8 Å². The number of carbonyl (C=O) groups excluding carboxylic acids is 1. The quantitative estimate of drug-likeness (QED) is 0.460. The van der Waals surface area contributed by atoms with Gasteiger partial charge in [0.25, 0.3) is 5.56 Å². The van der Waals surface area contributed by atoms with E-state index < -0.39 is 18.0 Å². The van der Waals surface area contributed by atoms with Gasteiger partial charge in [0.1, 0.15) is 6.04 Å². The second-order valence-corrected chi connectivity index (χ2v) is 8.29. The molecule has 11 heteroatoms. The van der Waals surface area contributed by atoms with Crippen molar-refractivity contribution in [2.24, 2.45) is 0 Å². The Kier molecular flexibility index (Phi) is 5.71. The number of hydrogen-bond donors (Lipinski definition) is 3. The van der Waals surface area contributed by atoms with Gasteiger partial charge in [-0.1, -0.05) is 15.9 Å². The van der Waals surface area contributed by atoms with Crippen molar-refractivity contribution in [1.82, 2.24) is 20.2 Å². The molecule has 164 valence electrons. The van der Waals surface area contributed by atoms with Gasteiger partial charge in [-0.25, -0.2) is 9.78 Å². The molecule has 3 N–H and O–H groups in total. The van der Waals surface area contributed by atoms with E-state index >= 15 is 0 Å². The average molecular weight is 493 g/mol. The van der Waals surface area contributed by atoms with Crippen LogP contribution in [0.15, 0.2) is 25.8 Å². The number of nitrogens with one attached hydrogen (secondary N) is 2. The summed E-state index contributed by atoms with van der Waals surface area (Å²) in [5.74, 6) is -0.436. The maximum Gasteiger partial charge on any atom is 0.405 e. The number of halogens is 1. The lowest BCUT2D eigenvalue weighted by Gasteiger charge is -2.14. The number of ether oxygens (including phenoxy) is 1. The zero-order valence-corrected chi connectivity index (χ0v) is 18.5. The monoisotopic (exact) mass is 492 g/mol. The lowest BCUT2D eigenvalue weighted by molar-refractivity contribution is -0.124. The molecule has 0 spiro atoms. The molecule has 0 saturated heterocycles. The van der Waals surface area contributed by atoms with E-state index in [-0.39, 0.29) is 36.2 Å². The van der Waals surface area contributed by atoms with Crippen LogP contribution in [-0.2, 0) is 16.1 Å². The summed E-state index contributed by atoms with van der Waals surface area (Å²) in [6, 6.07) is 2.84. The minimum atomic E-state index is -1.34. The van der Waals surface area contributed by atoms with Crippen LogP contribution in [0, 0.1) is 6.92 Å². The van der Waals surface area contributed by atoms with Gasteiger partial charge in [-0.2, -0.15) is 0 Å². The molecule has 1 aromatic carbocycles. The first-order valence-corrected chi connectivity index (χ1v) is 10.5. The number of amides is 2. The van der Waals surface area contributed by atoms with Crippen LogP contribution in [0.4, 0.5) is 4.79 Å². The van der Waals surface area contributed by atoms with Crippen molar-refractivity contribution in [3.63, 3.8) is 0 Å². The Hall–Kier alpha value is -2.92. The van der Waals surface area contributed by atoms with Gasteiger partial charge in [0.2, 0.25) is 11.8 Å². The molecule has 2 aromatic heterocycles. The number of benzene rings is 1. The second kappa shape index (κ2) is 8.31. The SMILES string of the molecule is COC[C@@H](NC(=O)O)C(=O)NCc1nc2c(=O)n(C3CC3)c3c(C)c(Br)ccc3c2o1. The summed E-state index contributed by atoms with van der Waals surface area (Å²) in [7, 11) is 1.36. The van der Waals surface area contributed by atoms with Gasteiger partial charge in [0, 0.05) is 23.0 Å². The summed E-state index contributed by atoms with van der Waals surface area (Å²) in [5, 5.41) is 14.3.